The van der Waals surface area contributed by atoms with Crippen molar-refractivity contribution in [3.05, 3.63) is 70.9 Å². The molecule has 4 aliphatic heterocycles. The van der Waals surface area contributed by atoms with Crippen LogP contribution in [0.3, 0.4) is 0 Å². The van der Waals surface area contributed by atoms with Crippen molar-refractivity contribution in [2.24, 2.45) is 0 Å². The van der Waals surface area contributed by atoms with Crippen LogP contribution in [0, 0.1) is 0 Å². The average Bonchev–Trinajstić information content (AvgIpc) is 3.62. The van der Waals surface area contributed by atoms with Gasteiger partial charge in [-0.25, -0.2) is 9.78 Å². The van der Waals surface area contributed by atoms with E-state index in [9.17, 15) is 14.4 Å². The van der Waals surface area contributed by atoms with Crippen LogP contribution < -0.4 is 15.0 Å². The summed E-state index contributed by atoms with van der Waals surface area (Å²) < 4.78 is 11.1. The molecule has 0 aliphatic carbocycles. The molecule has 37 heavy (non-hydrogen) atoms. The van der Waals surface area contributed by atoms with Crippen molar-refractivity contribution in [1.29, 1.82) is 0 Å². The van der Waals surface area contributed by atoms with Gasteiger partial charge in [-0.3, -0.25) is 9.59 Å². The van der Waals surface area contributed by atoms with Crippen LogP contribution in [0.5, 0.6) is 5.75 Å². The van der Waals surface area contributed by atoms with Gasteiger partial charge in [-0.1, -0.05) is 36.1 Å². The largest absolute Gasteiger partial charge is 0.490 e. The Balaban J connectivity index is 1.17. The summed E-state index contributed by atoms with van der Waals surface area (Å²) in [6.07, 6.45) is 0.926. The summed E-state index contributed by atoms with van der Waals surface area (Å²) in [6.45, 7) is 5.45. The second kappa shape index (κ2) is 8.17. The van der Waals surface area contributed by atoms with Crippen molar-refractivity contribution < 1.29 is 23.9 Å². The third kappa shape index (κ3) is 3.59. The second-order valence-corrected chi connectivity index (χ2v) is 10.5. The van der Waals surface area contributed by atoms with Gasteiger partial charge in [0.2, 0.25) is 0 Å². The number of carbonyl (C=O) groups is 3. The first-order chi connectivity index (χ1) is 17.9. The lowest BCUT2D eigenvalue weighted by atomic mass is 10.0. The van der Waals surface area contributed by atoms with Gasteiger partial charge in [-0.05, 0) is 35.4 Å². The predicted octanol–water partition coefficient (Wildman–Crippen LogP) is 3.28. The highest BCUT2D eigenvalue weighted by Gasteiger charge is 2.48. The van der Waals surface area contributed by atoms with Crippen LogP contribution in [-0.4, -0.2) is 59.5 Å². The molecule has 0 spiro atoms. The van der Waals surface area contributed by atoms with Gasteiger partial charge in [0, 0.05) is 24.1 Å². The first-order valence-electron chi connectivity index (χ1n) is 12.1. The number of nitrogens with zero attached hydrogens (tertiary/aromatic N) is 3. The fraction of sp³-hybridized carbons (Fsp3) is 0.259. The van der Waals surface area contributed by atoms with Crippen LogP contribution in [0.1, 0.15) is 32.1 Å². The molecular weight excluding hydrogens is 492 g/mol. The zero-order valence-corrected chi connectivity index (χ0v) is 20.5. The molecule has 2 bridgehead atoms. The van der Waals surface area contributed by atoms with E-state index < -0.39 is 6.04 Å². The number of rotatable bonds is 3. The fourth-order valence-corrected chi connectivity index (χ4v) is 6.37. The zero-order valence-electron chi connectivity index (χ0n) is 19.7. The van der Waals surface area contributed by atoms with Crippen molar-refractivity contribution in [2.45, 2.75) is 25.0 Å². The molecule has 2 saturated heterocycles. The molecule has 2 atom stereocenters. The van der Waals surface area contributed by atoms with Gasteiger partial charge >= 0.3 is 5.97 Å². The maximum atomic E-state index is 13.0. The van der Waals surface area contributed by atoms with Gasteiger partial charge in [0.1, 0.15) is 29.4 Å². The van der Waals surface area contributed by atoms with Crippen LogP contribution >= 0.6 is 11.3 Å². The van der Waals surface area contributed by atoms with E-state index in [0.29, 0.717) is 48.7 Å². The number of esters is 1. The minimum atomic E-state index is -0.468. The van der Waals surface area contributed by atoms with Gasteiger partial charge in [0.25, 0.3) is 11.8 Å². The molecule has 2 fully saturated rings. The standard InChI is InChI=1S/C27H22N4O5S/c1-14-10-19-23(24(32)28-14)37-27(29-19)30-8-9-35-22-7-6-17(11-20(22)30)15-2-4-16(5-3-15)25(33)31-13-18-12-21(31)26(34)36-18/h2-7,11,18,21H,1,8-10,12-13H2,(H,28,32)/t18-,21-/m0/s1. The summed E-state index contributed by atoms with van der Waals surface area (Å²) in [5.74, 6) is 0.124. The summed E-state index contributed by atoms with van der Waals surface area (Å²) in [4.78, 5) is 46.4. The molecule has 0 saturated carbocycles. The summed E-state index contributed by atoms with van der Waals surface area (Å²) in [5.41, 5.74) is 4.72. The normalized spacial score (nSPS) is 21.8. The average molecular weight is 515 g/mol. The Morgan fingerprint density at radius 3 is 2.73 bits per heavy atom. The van der Waals surface area contributed by atoms with E-state index >= 15 is 0 Å². The fourth-order valence-electron chi connectivity index (χ4n) is 5.36. The quantitative estimate of drug-likeness (QED) is 0.536. The molecule has 0 unspecified atom stereocenters. The number of allylic oxidation sites excluding steroid dienone is 1. The lowest BCUT2D eigenvalue weighted by Gasteiger charge is -2.29. The van der Waals surface area contributed by atoms with E-state index in [1.54, 1.807) is 17.0 Å². The number of benzene rings is 2. The molecule has 9 nitrogen and oxygen atoms in total. The minimum Gasteiger partial charge on any atom is -0.490 e. The highest BCUT2D eigenvalue weighted by molar-refractivity contribution is 7.17. The summed E-state index contributed by atoms with van der Waals surface area (Å²) >= 11 is 1.37. The molecule has 2 amide bonds. The van der Waals surface area contributed by atoms with Crippen molar-refractivity contribution in [3.8, 4) is 16.9 Å². The van der Waals surface area contributed by atoms with E-state index in [1.165, 1.54) is 11.3 Å². The van der Waals surface area contributed by atoms with Crippen molar-refractivity contribution in [3.63, 3.8) is 0 Å². The van der Waals surface area contributed by atoms with Crippen LogP contribution in [0.4, 0.5) is 10.8 Å². The maximum Gasteiger partial charge on any atom is 0.329 e. The zero-order chi connectivity index (χ0) is 25.3. The Hall–Kier alpha value is -4.18. The smallest absolute Gasteiger partial charge is 0.329 e. The minimum absolute atomic E-state index is 0.153. The van der Waals surface area contributed by atoms with Crippen molar-refractivity contribution >= 4 is 39.9 Å². The number of likely N-dealkylation sites (tertiary alicyclic amines) is 1. The molecule has 7 rings (SSSR count). The van der Waals surface area contributed by atoms with E-state index in [4.69, 9.17) is 14.5 Å². The number of morpholine rings is 1. The summed E-state index contributed by atoms with van der Waals surface area (Å²) in [5, 5.41) is 3.53. The number of nitrogens with one attached hydrogen (secondary N) is 1. The number of hydrogen-bond acceptors (Lipinski definition) is 8. The van der Waals surface area contributed by atoms with Crippen molar-refractivity contribution in [2.75, 3.05) is 24.6 Å². The number of fused-ring (bicyclic) bond motifs is 4. The van der Waals surface area contributed by atoms with E-state index in [2.05, 4.69) is 16.8 Å². The maximum absolute atomic E-state index is 13.0. The van der Waals surface area contributed by atoms with Crippen LogP contribution in [0.2, 0.25) is 0 Å². The first kappa shape index (κ1) is 22.1. The number of ether oxygens (including phenoxy) is 2. The third-order valence-electron chi connectivity index (χ3n) is 7.16. The van der Waals surface area contributed by atoms with E-state index in [1.807, 2.05) is 30.3 Å². The van der Waals surface area contributed by atoms with Crippen LogP contribution in [0.25, 0.3) is 11.1 Å². The predicted molar refractivity (Wildman–Crippen MR) is 136 cm³/mol. The Morgan fingerprint density at radius 1 is 1.14 bits per heavy atom. The molecule has 10 heteroatoms. The number of aromatic nitrogens is 1. The van der Waals surface area contributed by atoms with Gasteiger partial charge in [-0.15, -0.1) is 0 Å². The van der Waals surface area contributed by atoms with E-state index in [0.717, 1.165) is 33.4 Å². The Bertz CT molecular complexity index is 1500. The number of carbonyl (C=O) groups excluding carboxylic acids is 3. The Morgan fingerprint density at radius 2 is 1.95 bits per heavy atom. The highest BCUT2D eigenvalue weighted by atomic mass is 32.1. The number of amides is 2. The molecule has 3 aromatic rings. The monoisotopic (exact) mass is 514 g/mol. The number of thiazole rings is 1. The molecule has 1 aromatic heterocycles. The molecule has 4 aliphatic rings. The SMILES string of the molecule is C=C1Cc2nc(N3CCOc4ccc(-c5ccc(C(=O)N6C[C@@H]7C[C@H]6C(=O)O7)cc5)cc43)sc2C(=O)N1. The molecular formula is C27H22N4O5S. The third-order valence-corrected chi connectivity index (χ3v) is 8.28. The van der Waals surface area contributed by atoms with Crippen molar-refractivity contribution in [1.82, 2.24) is 15.2 Å². The number of anilines is 2. The lowest BCUT2D eigenvalue weighted by molar-refractivity contribution is -0.149. The Kier molecular flexibility index (Phi) is 4.87. The van der Waals surface area contributed by atoms with Crippen LogP contribution in [-0.2, 0) is 16.0 Å². The van der Waals surface area contributed by atoms with Gasteiger partial charge in [0.05, 0.1) is 24.5 Å². The van der Waals surface area contributed by atoms with Gasteiger partial charge in [-0.2, -0.15) is 0 Å². The molecule has 0 radical (unpaired) electrons. The van der Waals surface area contributed by atoms with E-state index in [-0.39, 0.29) is 23.9 Å². The number of hydrogen-bond donors (Lipinski definition) is 1. The molecule has 5 heterocycles. The van der Waals surface area contributed by atoms with Gasteiger partial charge < -0.3 is 24.6 Å². The summed E-state index contributed by atoms with van der Waals surface area (Å²) in [6, 6.07) is 12.9. The summed E-state index contributed by atoms with van der Waals surface area (Å²) in [7, 11) is 0. The molecule has 186 valence electrons. The Labute approximate surface area is 216 Å². The van der Waals surface area contributed by atoms with Crippen LogP contribution in [0.15, 0.2) is 54.7 Å². The first-order valence-corrected chi connectivity index (χ1v) is 12.9. The lowest BCUT2D eigenvalue weighted by Crippen LogP contribution is -2.44. The molecule has 1 N–H and O–H groups in total. The second-order valence-electron chi connectivity index (χ2n) is 9.53. The highest BCUT2D eigenvalue weighted by Crippen LogP contribution is 2.42. The van der Waals surface area contributed by atoms with Gasteiger partial charge in [0.15, 0.2) is 5.13 Å². The topological polar surface area (TPSA) is 101 Å². The molecule has 2 aromatic carbocycles.